The standard InChI is InChI=1S/C17H15FN4O/c1-2-15-16(17(23)19-14-11-7-6-10-13(14)18)20-21-22(15)12-8-4-3-5-9-12/h3-11H,2H2,1H3,(H,19,23). The predicted octanol–water partition coefficient (Wildman–Crippen LogP) is 3.22. The lowest BCUT2D eigenvalue weighted by Gasteiger charge is -2.07. The molecule has 0 saturated heterocycles. The molecule has 0 aliphatic heterocycles. The van der Waals surface area contributed by atoms with Crippen LogP contribution in [0.2, 0.25) is 0 Å². The Hall–Kier alpha value is -3.02. The summed E-state index contributed by atoms with van der Waals surface area (Å²) in [6, 6.07) is 15.4. The van der Waals surface area contributed by atoms with E-state index in [1.165, 1.54) is 12.1 Å². The summed E-state index contributed by atoms with van der Waals surface area (Å²) >= 11 is 0. The van der Waals surface area contributed by atoms with Crippen LogP contribution < -0.4 is 5.32 Å². The zero-order valence-electron chi connectivity index (χ0n) is 12.5. The Balaban J connectivity index is 1.93. The maximum Gasteiger partial charge on any atom is 0.278 e. The van der Waals surface area contributed by atoms with Gasteiger partial charge >= 0.3 is 0 Å². The summed E-state index contributed by atoms with van der Waals surface area (Å²) < 4.78 is 15.3. The van der Waals surface area contributed by atoms with E-state index in [0.29, 0.717) is 12.1 Å². The molecule has 0 unspecified atom stereocenters. The lowest BCUT2D eigenvalue weighted by molar-refractivity contribution is 0.102. The number of amides is 1. The molecule has 23 heavy (non-hydrogen) atoms. The fraction of sp³-hybridized carbons (Fsp3) is 0.118. The molecule has 6 heteroatoms. The predicted molar refractivity (Wildman–Crippen MR) is 85.1 cm³/mol. The summed E-state index contributed by atoms with van der Waals surface area (Å²) in [4.78, 5) is 12.4. The van der Waals surface area contributed by atoms with E-state index < -0.39 is 11.7 Å². The van der Waals surface area contributed by atoms with Gasteiger partial charge in [0.05, 0.1) is 17.1 Å². The average molecular weight is 310 g/mol. The third kappa shape index (κ3) is 2.96. The molecule has 1 amide bonds. The molecule has 116 valence electrons. The highest BCUT2D eigenvalue weighted by Gasteiger charge is 2.20. The number of nitrogens with zero attached hydrogens (tertiary/aromatic N) is 3. The summed E-state index contributed by atoms with van der Waals surface area (Å²) in [7, 11) is 0. The van der Waals surface area contributed by atoms with Crippen molar-refractivity contribution in [3.63, 3.8) is 0 Å². The van der Waals surface area contributed by atoms with Crippen LogP contribution in [0.1, 0.15) is 23.1 Å². The molecule has 0 fully saturated rings. The van der Waals surface area contributed by atoms with E-state index in [1.807, 2.05) is 37.3 Å². The topological polar surface area (TPSA) is 59.8 Å². The average Bonchev–Trinajstić information content (AvgIpc) is 3.02. The fourth-order valence-corrected chi connectivity index (χ4v) is 2.32. The largest absolute Gasteiger partial charge is 0.318 e. The minimum absolute atomic E-state index is 0.119. The van der Waals surface area contributed by atoms with Gasteiger partial charge in [0, 0.05) is 0 Å². The normalized spacial score (nSPS) is 10.5. The van der Waals surface area contributed by atoms with Crippen LogP contribution in [0.3, 0.4) is 0 Å². The van der Waals surface area contributed by atoms with Crippen LogP contribution in [0, 0.1) is 5.82 Å². The Kier molecular flexibility index (Phi) is 4.14. The molecule has 3 rings (SSSR count). The zero-order valence-corrected chi connectivity index (χ0v) is 12.5. The molecule has 5 nitrogen and oxygen atoms in total. The van der Waals surface area contributed by atoms with Gasteiger partial charge in [-0.05, 0) is 30.7 Å². The van der Waals surface area contributed by atoms with Gasteiger partial charge in [-0.2, -0.15) is 0 Å². The number of hydrogen-bond acceptors (Lipinski definition) is 3. The van der Waals surface area contributed by atoms with Crippen LogP contribution in [-0.2, 0) is 6.42 Å². The summed E-state index contributed by atoms with van der Waals surface area (Å²) in [6.45, 7) is 1.91. The number of carbonyl (C=O) groups excluding carboxylic acids is 1. The number of aromatic nitrogens is 3. The Bertz CT molecular complexity index is 830. The highest BCUT2D eigenvalue weighted by Crippen LogP contribution is 2.17. The first-order valence-corrected chi connectivity index (χ1v) is 7.26. The molecule has 0 spiro atoms. The number of para-hydroxylation sites is 2. The SMILES string of the molecule is CCc1c(C(=O)Nc2ccccc2F)nnn1-c1ccccc1. The molecule has 0 saturated carbocycles. The quantitative estimate of drug-likeness (QED) is 0.805. The van der Waals surface area contributed by atoms with E-state index in [0.717, 1.165) is 5.69 Å². The van der Waals surface area contributed by atoms with Gasteiger partial charge in [-0.1, -0.05) is 42.5 Å². The number of nitrogens with one attached hydrogen (secondary N) is 1. The van der Waals surface area contributed by atoms with Crippen LogP contribution >= 0.6 is 0 Å². The maximum atomic E-state index is 13.7. The van der Waals surface area contributed by atoms with Gasteiger partial charge in [0.2, 0.25) is 0 Å². The molecule has 1 aromatic heterocycles. The Morgan fingerprint density at radius 3 is 2.52 bits per heavy atom. The van der Waals surface area contributed by atoms with Crippen molar-refractivity contribution < 1.29 is 9.18 Å². The van der Waals surface area contributed by atoms with Crippen molar-refractivity contribution in [2.75, 3.05) is 5.32 Å². The molecule has 3 aromatic rings. The van der Waals surface area contributed by atoms with Crippen LogP contribution in [0.4, 0.5) is 10.1 Å². The number of halogens is 1. The second-order valence-corrected chi connectivity index (χ2v) is 4.92. The van der Waals surface area contributed by atoms with E-state index >= 15 is 0 Å². The summed E-state index contributed by atoms with van der Waals surface area (Å²) in [5.74, 6) is -0.969. The van der Waals surface area contributed by atoms with Gasteiger partial charge in [-0.3, -0.25) is 4.79 Å². The Labute approximate surface area is 132 Å². The van der Waals surface area contributed by atoms with E-state index in [-0.39, 0.29) is 11.4 Å². The molecule has 0 aliphatic rings. The Morgan fingerprint density at radius 2 is 1.83 bits per heavy atom. The number of anilines is 1. The molecule has 0 bridgehead atoms. The monoisotopic (exact) mass is 310 g/mol. The van der Waals surface area contributed by atoms with Crippen molar-refractivity contribution in [1.29, 1.82) is 0 Å². The zero-order chi connectivity index (χ0) is 16.2. The van der Waals surface area contributed by atoms with Crippen molar-refractivity contribution in [3.05, 3.63) is 71.8 Å². The molecule has 2 aromatic carbocycles. The maximum absolute atomic E-state index is 13.7. The first-order chi connectivity index (χ1) is 11.2. The summed E-state index contributed by atoms with van der Waals surface area (Å²) in [5.41, 5.74) is 1.81. The fourth-order valence-electron chi connectivity index (χ4n) is 2.32. The van der Waals surface area contributed by atoms with Gasteiger partial charge < -0.3 is 5.32 Å². The minimum atomic E-state index is -0.491. The van der Waals surface area contributed by atoms with Crippen molar-refractivity contribution in [1.82, 2.24) is 15.0 Å². The van der Waals surface area contributed by atoms with Crippen LogP contribution in [0.5, 0.6) is 0 Å². The lowest BCUT2D eigenvalue weighted by atomic mass is 10.2. The van der Waals surface area contributed by atoms with Gasteiger partial charge in [0.15, 0.2) is 5.69 Å². The molecule has 0 aliphatic carbocycles. The molecule has 0 atom stereocenters. The van der Waals surface area contributed by atoms with E-state index in [2.05, 4.69) is 15.6 Å². The van der Waals surface area contributed by atoms with E-state index in [1.54, 1.807) is 16.8 Å². The number of rotatable bonds is 4. The van der Waals surface area contributed by atoms with E-state index in [4.69, 9.17) is 0 Å². The second kappa shape index (κ2) is 6.39. The van der Waals surface area contributed by atoms with Gasteiger partial charge in [0.1, 0.15) is 5.82 Å². The highest BCUT2D eigenvalue weighted by molar-refractivity contribution is 6.03. The summed E-state index contributed by atoms with van der Waals surface area (Å²) in [5, 5.41) is 10.6. The van der Waals surface area contributed by atoms with Gasteiger partial charge in [-0.15, -0.1) is 5.10 Å². The third-order valence-corrected chi connectivity index (χ3v) is 3.44. The first kappa shape index (κ1) is 14.9. The van der Waals surface area contributed by atoms with Crippen molar-refractivity contribution in [3.8, 4) is 5.69 Å². The van der Waals surface area contributed by atoms with Crippen LogP contribution in [-0.4, -0.2) is 20.9 Å². The summed E-state index contributed by atoms with van der Waals surface area (Å²) in [6.07, 6.45) is 0.571. The molecular weight excluding hydrogens is 295 g/mol. The number of hydrogen-bond donors (Lipinski definition) is 1. The Morgan fingerprint density at radius 1 is 1.13 bits per heavy atom. The van der Waals surface area contributed by atoms with Gasteiger partial charge in [-0.25, -0.2) is 9.07 Å². The number of carbonyl (C=O) groups is 1. The minimum Gasteiger partial charge on any atom is -0.318 e. The highest BCUT2D eigenvalue weighted by atomic mass is 19.1. The van der Waals surface area contributed by atoms with Crippen LogP contribution in [0.25, 0.3) is 5.69 Å². The smallest absolute Gasteiger partial charge is 0.278 e. The molecule has 1 N–H and O–H groups in total. The molecule has 0 radical (unpaired) electrons. The van der Waals surface area contributed by atoms with Crippen molar-refractivity contribution in [2.45, 2.75) is 13.3 Å². The second-order valence-electron chi connectivity index (χ2n) is 4.92. The molecule has 1 heterocycles. The van der Waals surface area contributed by atoms with E-state index in [9.17, 15) is 9.18 Å². The molecular formula is C17H15FN4O. The first-order valence-electron chi connectivity index (χ1n) is 7.26. The van der Waals surface area contributed by atoms with Crippen molar-refractivity contribution in [2.24, 2.45) is 0 Å². The van der Waals surface area contributed by atoms with Crippen LogP contribution in [0.15, 0.2) is 54.6 Å². The van der Waals surface area contributed by atoms with Crippen molar-refractivity contribution >= 4 is 11.6 Å². The lowest BCUT2D eigenvalue weighted by Crippen LogP contribution is -2.16. The number of benzene rings is 2. The van der Waals surface area contributed by atoms with Gasteiger partial charge in [0.25, 0.3) is 5.91 Å². The third-order valence-electron chi connectivity index (χ3n) is 3.44.